The fraction of sp³-hybridized carbons (Fsp3) is 0.571. The number of nitrogens with zero attached hydrogens (tertiary/aromatic N) is 3. The summed E-state index contributed by atoms with van der Waals surface area (Å²) in [7, 11) is -3.56. The highest BCUT2D eigenvalue weighted by Gasteiger charge is 2.22. The Bertz CT molecular complexity index is 504. The molecular formula is C7H11N5O3S. The Balaban J connectivity index is 2.09. The van der Waals surface area contributed by atoms with Crippen molar-refractivity contribution in [3.8, 4) is 0 Å². The van der Waals surface area contributed by atoms with Gasteiger partial charge in [0.15, 0.2) is 5.69 Å². The molecule has 0 aliphatic carbocycles. The molecule has 1 saturated heterocycles. The first kappa shape index (κ1) is 11.0. The highest BCUT2D eigenvalue weighted by molar-refractivity contribution is 7.89. The minimum atomic E-state index is -3.56. The zero-order chi connectivity index (χ0) is 11.8. The van der Waals surface area contributed by atoms with Gasteiger partial charge in [-0.3, -0.25) is 4.79 Å². The average Bonchev–Trinajstić information content (AvgIpc) is 2.46. The van der Waals surface area contributed by atoms with E-state index in [9.17, 15) is 13.2 Å². The van der Waals surface area contributed by atoms with Crippen LogP contribution in [0.15, 0.2) is 6.20 Å². The molecule has 1 aromatic rings. The van der Waals surface area contributed by atoms with Crippen LogP contribution in [-0.4, -0.2) is 48.7 Å². The lowest BCUT2D eigenvalue weighted by Gasteiger charge is -2.26. The SMILES string of the molecule is CS(=O)(=O)NC(=O)c1cn(C2CNC2)nn1. The lowest BCUT2D eigenvalue weighted by molar-refractivity contribution is 0.0976. The maximum atomic E-state index is 11.4. The maximum Gasteiger partial charge on any atom is 0.286 e. The fourth-order valence-electron chi connectivity index (χ4n) is 1.24. The number of carbonyl (C=O) groups is 1. The van der Waals surface area contributed by atoms with E-state index in [0.717, 1.165) is 19.3 Å². The zero-order valence-corrected chi connectivity index (χ0v) is 9.36. The van der Waals surface area contributed by atoms with Crippen molar-refractivity contribution in [3.05, 3.63) is 11.9 Å². The van der Waals surface area contributed by atoms with Crippen molar-refractivity contribution in [1.29, 1.82) is 0 Å². The van der Waals surface area contributed by atoms with Gasteiger partial charge in [0.25, 0.3) is 5.91 Å². The van der Waals surface area contributed by atoms with E-state index in [1.807, 2.05) is 4.72 Å². The van der Waals surface area contributed by atoms with Gasteiger partial charge >= 0.3 is 0 Å². The van der Waals surface area contributed by atoms with Crippen molar-refractivity contribution in [2.75, 3.05) is 19.3 Å². The lowest BCUT2D eigenvalue weighted by Crippen LogP contribution is -2.43. The molecule has 0 atom stereocenters. The van der Waals surface area contributed by atoms with Crippen LogP contribution in [0.4, 0.5) is 0 Å². The summed E-state index contributed by atoms with van der Waals surface area (Å²) in [4.78, 5) is 11.4. The number of rotatable bonds is 3. The smallest absolute Gasteiger partial charge is 0.286 e. The van der Waals surface area contributed by atoms with E-state index in [1.165, 1.54) is 6.20 Å². The van der Waals surface area contributed by atoms with Gasteiger partial charge in [0.2, 0.25) is 10.0 Å². The largest absolute Gasteiger partial charge is 0.312 e. The van der Waals surface area contributed by atoms with Gasteiger partial charge in [0, 0.05) is 13.1 Å². The van der Waals surface area contributed by atoms with Crippen molar-refractivity contribution < 1.29 is 13.2 Å². The summed E-state index contributed by atoms with van der Waals surface area (Å²) in [6.07, 6.45) is 2.34. The number of aromatic nitrogens is 3. The summed E-state index contributed by atoms with van der Waals surface area (Å²) in [6, 6.07) is 0.187. The third-order valence-corrected chi connectivity index (χ3v) is 2.71. The Morgan fingerprint density at radius 3 is 2.81 bits per heavy atom. The Hall–Kier alpha value is -1.48. The van der Waals surface area contributed by atoms with Crippen LogP contribution < -0.4 is 10.0 Å². The topological polar surface area (TPSA) is 106 Å². The molecule has 0 unspecified atom stereocenters. The Morgan fingerprint density at radius 2 is 2.31 bits per heavy atom. The summed E-state index contributed by atoms with van der Waals surface area (Å²) in [6.45, 7) is 1.55. The predicted octanol–water partition coefficient (Wildman–Crippen LogP) is -1.89. The predicted molar refractivity (Wildman–Crippen MR) is 54.2 cm³/mol. The molecule has 0 aromatic carbocycles. The van der Waals surface area contributed by atoms with Crippen LogP contribution in [0.2, 0.25) is 0 Å². The summed E-state index contributed by atoms with van der Waals surface area (Å²) < 4.78 is 25.0. The Kier molecular flexibility index (Phi) is 2.64. The molecule has 2 heterocycles. The van der Waals surface area contributed by atoms with Crippen LogP contribution >= 0.6 is 0 Å². The van der Waals surface area contributed by atoms with E-state index in [0.29, 0.717) is 0 Å². The molecule has 8 nitrogen and oxygen atoms in total. The molecule has 9 heteroatoms. The second kappa shape index (κ2) is 3.83. The molecule has 0 radical (unpaired) electrons. The van der Waals surface area contributed by atoms with Crippen molar-refractivity contribution in [1.82, 2.24) is 25.0 Å². The monoisotopic (exact) mass is 245 g/mol. The zero-order valence-electron chi connectivity index (χ0n) is 8.54. The van der Waals surface area contributed by atoms with Crippen LogP contribution in [0, 0.1) is 0 Å². The van der Waals surface area contributed by atoms with Crippen LogP contribution in [0.25, 0.3) is 0 Å². The molecule has 1 aliphatic rings. The van der Waals surface area contributed by atoms with Gasteiger partial charge in [0.05, 0.1) is 18.5 Å². The van der Waals surface area contributed by atoms with E-state index < -0.39 is 15.9 Å². The number of hydrogen-bond donors (Lipinski definition) is 2. The number of nitrogens with one attached hydrogen (secondary N) is 2. The third kappa shape index (κ3) is 2.36. The quantitative estimate of drug-likeness (QED) is 0.645. The van der Waals surface area contributed by atoms with E-state index >= 15 is 0 Å². The van der Waals surface area contributed by atoms with E-state index in [4.69, 9.17) is 0 Å². The maximum absolute atomic E-state index is 11.4. The van der Waals surface area contributed by atoms with Crippen molar-refractivity contribution in [3.63, 3.8) is 0 Å². The van der Waals surface area contributed by atoms with E-state index in [-0.39, 0.29) is 11.7 Å². The molecule has 2 N–H and O–H groups in total. The van der Waals surface area contributed by atoms with Crippen LogP contribution in [-0.2, 0) is 10.0 Å². The van der Waals surface area contributed by atoms with Crippen LogP contribution in [0.3, 0.4) is 0 Å². The first-order chi connectivity index (χ1) is 7.46. The number of hydrogen-bond acceptors (Lipinski definition) is 6. The second-order valence-corrected chi connectivity index (χ2v) is 5.35. The first-order valence-electron chi connectivity index (χ1n) is 4.60. The third-order valence-electron chi connectivity index (χ3n) is 2.16. The lowest BCUT2D eigenvalue weighted by atomic mass is 10.2. The van der Waals surface area contributed by atoms with Gasteiger partial charge in [0.1, 0.15) is 0 Å². The Morgan fingerprint density at radius 1 is 1.62 bits per heavy atom. The summed E-state index contributed by atoms with van der Waals surface area (Å²) in [5, 5.41) is 10.4. The minimum absolute atomic E-state index is 0.00248. The second-order valence-electron chi connectivity index (χ2n) is 3.60. The van der Waals surface area contributed by atoms with Gasteiger partial charge in [-0.05, 0) is 0 Å². The summed E-state index contributed by atoms with van der Waals surface area (Å²) in [5.74, 6) is -0.763. The van der Waals surface area contributed by atoms with Crippen molar-refractivity contribution in [2.24, 2.45) is 0 Å². The Labute approximate surface area is 92.1 Å². The molecule has 88 valence electrons. The highest BCUT2D eigenvalue weighted by atomic mass is 32.2. The summed E-state index contributed by atoms with van der Waals surface area (Å²) in [5.41, 5.74) is -0.00248. The molecule has 1 aliphatic heterocycles. The molecule has 0 bridgehead atoms. The van der Waals surface area contributed by atoms with Crippen LogP contribution in [0.5, 0.6) is 0 Å². The van der Waals surface area contributed by atoms with Gasteiger partial charge in [-0.1, -0.05) is 5.21 Å². The molecule has 1 aromatic heterocycles. The van der Waals surface area contributed by atoms with Gasteiger partial charge in [-0.15, -0.1) is 5.10 Å². The molecule has 1 amide bonds. The number of sulfonamides is 1. The van der Waals surface area contributed by atoms with Crippen LogP contribution in [0.1, 0.15) is 16.5 Å². The van der Waals surface area contributed by atoms with Crippen molar-refractivity contribution >= 4 is 15.9 Å². The first-order valence-corrected chi connectivity index (χ1v) is 6.49. The van der Waals surface area contributed by atoms with E-state index in [1.54, 1.807) is 4.68 Å². The standard InChI is InChI=1S/C7H11N5O3S/c1-16(14,15)10-7(13)6-4-12(11-9-6)5-2-8-3-5/h4-5,8H,2-3H2,1H3,(H,10,13). The molecule has 2 rings (SSSR count). The van der Waals surface area contributed by atoms with Crippen molar-refractivity contribution in [2.45, 2.75) is 6.04 Å². The fourth-order valence-corrected chi connectivity index (χ4v) is 1.68. The molecule has 1 fully saturated rings. The highest BCUT2D eigenvalue weighted by Crippen LogP contribution is 2.09. The number of amides is 1. The van der Waals surface area contributed by atoms with E-state index in [2.05, 4.69) is 15.6 Å². The minimum Gasteiger partial charge on any atom is -0.312 e. The molecule has 0 spiro atoms. The summed E-state index contributed by atoms with van der Waals surface area (Å²) >= 11 is 0. The molecule has 16 heavy (non-hydrogen) atoms. The van der Waals surface area contributed by atoms with Gasteiger partial charge in [-0.2, -0.15) is 0 Å². The van der Waals surface area contributed by atoms with Gasteiger partial charge < -0.3 is 5.32 Å². The average molecular weight is 245 g/mol. The molecule has 0 saturated carbocycles. The normalized spacial score (nSPS) is 16.8. The molecular weight excluding hydrogens is 234 g/mol. The van der Waals surface area contributed by atoms with Gasteiger partial charge in [-0.25, -0.2) is 17.8 Å². The number of carbonyl (C=O) groups excluding carboxylic acids is 1.